The molecule has 3 heterocycles. The van der Waals surface area contributed by atoms with Gasteiger partial charge >= 0.3 is 0 Å². The van der Waals surface area contributed by atoms with Gasteiger partial charge < -0.3 is 14.3 Å². The Morgan fingerprint density at radius 3 is 2.61 bits per heavy atom. The van der Waals surface area contributed by atoms with Crippen molar-refractivity contribution in [2.24, 2.45) is 5.92 Å². The molecule has 2 saturated heterocycles. The lowest BCUT2D eigenvalue weighted by molar-refractivity contribution is -0.135. The van der Waals surface area contributed by atoms with Crippen molar-refractivity contribution in [3.05, 3.63) is 17.0 Å². The first-order chi connectivity index (χ1) is 11.1. The smallest absolute Gasteiger partial charge is 0.259 e. The minimum Gasteiger partial charge on any atom is -0.361 e. The average Bonchev–Trinajstić information content (AvgIpc) is 3.21. The topological polar surface area (TPSA) is 66.7 Å². The average molecular weight is 319 g/mol. The van der Waals surface area contributed by atoms with E-state index in [1.807, 2.05) is 11.8 Å². The molecule has 1 atom stereocenters. The number of nitrogens with zero attached hydrogens (tertiary/aromatic N) is 3. The van der Waals surface area contributed by atoms with E-state index in [-0.39, 0.29) is 17.7 Å². The highest BCUT2D eigenvalue weighted by Gasteiger charge is 2.35. The summed E-state index contributed by atoms with van der Waals surface area (Å²) in [6, 6.07) is 0. The van der Waals surface area contributed by atoms with Crippen molar-refractivity contribution in [1.29, 1.82) is 0 Å². The second-order valence-corrected chi connectivity index (χ2v) is 6.54. The van der Waals surface area contributed by atoms with Gasteiger partial charge in [0.15, 0.2) is 0 Å². The Kier molecular flexibility index (Phi) is 4.68. The Balaban J connectivity index is 1.66. The minimum absolute atomic E-state index is 0.0467. The van der Waals surface area contributed by atoms with E-state index in [9.17, 15) is 9.59 Å². The van der Waals surface area contributed by atoms with Crippen LogP contribution in [0.3, 0.4) is 0 Å². The van der Waals surface area contributed by atoms with Gasteiger partial charge in [-0.3, -0.25) is 9.59 Å². The van der Waals surface area contributed by atoms with Gasteiger partial charge in [0, 0.05) is 26.2 Å². The van der Waals surface area contributed by atoms with Crippen molar-refractivity contribution in [2.45, 2.75) is 46.0 Å². The van der Waals surface area contributed by atoms with E-state index in [0.717, 1.165) is 32.4 Å². The second-order valence-electron chi connectivity index (χ2n) is 6.54. The largest absolute Gasteiger partial charge is 0.361 e. The fourth-order valence-corrected chi connectivity index (χ4v) is 3.61. The van der Waals surface area contributed by atoms with Gasteiger partial charge in [-0.05, 0) is 39.0 Å². The number of piperidine rings is 1. The van der Waals surface area contributed by atoms with Crippen molar-refractivity contribution in [2.75, 3.05) is 26.2 Å². The number of rotatable bonds is 3. The molecule has 23 heavy (non-hydrogen) atoms. The van der Waals surface area contributed by atoms with E-state index in [4.69, 9.17) is 4.52 Å². The maximum atomic E-state index is 12.8. The van der Waals surface area contributed by atoms with Gasteiger partial charge in [0.2, 0.25) is 5.91 Å². The number of aryl methyl sites for hydroxylation is 2. The third kappa shape index (κ3) is 3.12. The van der Waals surface area contributed by atoms with Crippen LogP contribution in [-0.4, -0.2) is 52.9 Å². The maximum absolute atomic E-state index is 12.8. The van der Waals surface area contributed by atoms with Crippen LogP contribution in [0.5, 0.6) is 0 Å². The first kappa shape index (κ1) is 16.0. The Morgan fingerprint density at radius 1 is 1.17 bits per heavy atom. The molecule has 0 aliphatic carbocycles. The summed E-state index contributed by atoms with van der Waals surface area (Å²) >= 11 is 0. The fraction of sp³-hybridized carbons (Fsp3) is 0.706. The van der Waals surface area contributed by atoms with Crippen LogP contribution in [0.15, 0.2) is 4.52 Å². The lowest BCUT2D eigenvalue weighted by Gasteiger charge is -2.29. The summed E-state index contributed by atoms with van der Waals surface area (Å²) in [5.74, 6) is 0.687. The maximum Gasteiger partial charge on any atom is 0.259 e. The lowest BCUT2D eigenvalue weighted by atomic mass is 10.0. The summed E-state index contributed by atoms with van der Waals surface area (Å²) in [5.41, 5.74) is 1.29. The van der Waals surface area contributed by atoms with Gasteiger partial charge in [-0.25, -0.2) is 0 Å². The highest BCUT2D eigenvalue weighted by Crippen LogP contribution is 2.24. The van der Waals surface area contributed by atoms with Crippen molar-refractivity contribution in [3.8, 4) is 0 Å². The molecular formula is C17H25N3O3. The quantitative estimate of drug-likeness (QED) is 0.855. The molecule has 126 valence electrons. The molecule has 2 aliphatic heterocycles. The van der Waals surface area contributed by atoms with Crippen molar-refractivity contribution in [1.82, 2.24) is 15.0 Å². The summed E-state index contributed by atoms with van der Waals surface area (Å²) in [5, 5.41) is 3.96. The molecule has 0 spiro atoms. The van der Waals surface area contributed by atoms with Gasteiger partial charge in [0.1, 0.15) is 11.3 Å². The van der Waals surface area contributed by atoms with Gasteiger partial charge in [0.25, 0.3) is 5.91 Å². The molecule has 1 aromatic rings. The standard InChI is InChI=1S/C17H25N3O3/c1-3-14-15(12(2)23-18-14)17(22)20-10-7-13(11-20)16(21)19-8-5-4-6-9-19/h13H,3-11H2,1-2H3/t13-/m1/s1. The van der Waals surface area contributed by atoms with E-state index in [1.54, 1.807) is 11.8 Å². The molecule has 0 bridgehead atoms. The van der Waals surface area contributed by atoms with Gasteiger partial charge in [0.05, 0.1) is 11.6 Å². The molecule has 1 aromatic heterocycles. The highest BCUT2D eigenvalue weighted by molar-refractivity contribution is 5.96. The minimum atomic E-state index is -0.0534. The molecule has 0 radical (unpaired) electrons. The van der Waals surface area contributed by atoms with Crippen LogP contribution in [-0.2, 0) is 11.2 Å². The van der Waals surface area contributed by atoms with Crippen LogP contribution in [0, 0.1) is 12.8 Å². The number of hydrogen-bond acceptors (Lipinski definition) is 4. The van der Waals surface area contributed by atoms with Crippen LogP contribution >= 0.6 is 0 Å². The van der Waals surface area contributed by atoms with E-state index in [2.05, 4.69) is 5.16 Å². The first-order valence-electron chi connectivity index (χ1n) is 8.65. The summed E-state index contributed by atoms with van der Waals surface area (Å²) in [6.07, 6.45) is 4.84. The number of hydrogen-bond donors (Lipinski definition) is 0. The van der Waals surface area contributed by atoms with Crippen LogP contribution < -0.4 is 0 Å². The highest BCUT2D eigenvalue weighted by atomic mass is 16.5. The van der Waals surface area contributed by atoms with Crippen LogP contribution in [0.1, 0.15) is 54.4 Å². The predicted octanol–water partition coefficient (Wildman–Crippen LogP) is 2.02. The molecule has 3 rings (SSSR count). The molecule has 0 saturated carbocycles. The van der Waals surface area contributed by atoms with Crippen molar-refractivity contribution >= 4 is 11.8 Å². The Bertz CT molecular complexity index is 590. The number of aromatic nitrogens is 1. The molecule has 6 nitrogen and oxygen atoms in total. The summed E-state index contributed by atoms with van der Waals surface area (Å²) in [7, 11) is 0. The number of amides is 2. The third-order valence-corrected chi connectivity index (χ3v) is 4.97. The predicted molar refractivity (Wildman–Crippen MR) is 85.1 cm³/mol. The molecular weight excluding hydrogens is 294 g/mol. The van der Waals surface area contributed by atoms with E-state index >= 15 is 0 Å². The fourth-order valence-electron chi connectivity index (χ4n) is 3.61. The zero-order chi connectivity index (χ0) is 16.4. The molecule has 0 aromatic carbocycles. The molecule has 2 aliphatic rings. The molecule has 0 unspecified atom stereocenters. The number of carbonyl (C=O) groups is 2. The number of likely N-dealkylation sites (tertiary alicyclic amines) is 2. The van der Waals surface area contributed by atoms with E-state index in [1.165, 1.54) is 6.42 Å². The summed E-state index contributed by atoms with van der Waals surface area (Å²) in [4.78, 5) is 29.1. The molecule has 6 heteroatoms. The Hall–Kier alpha value is -1.85. The van der Waals surface area contributed by atoms with Crippen LogP contribution in [0.2, 0.25) is 0 Å². The summed E-state index contributed by atoms with van der Waals surface area (Å²) in [6.45, 7) is 6.62. The van der Waals surface area contributed by atoms with Crippen LogP contribution in [0.25, 0.3) is 0 Å². The SMILES string of the molecule is CCc1noc(C)c1C(=O)N1CC[C@@H](C(=O)N2CCCCC2)C1. The third-order valence-electron chi connectivity index (χ3n) is 4.97. The molecule has 2 amide bonds. The van der Waals surface area contributed by atoms with Gasteiger partial charge in [-0.1, -0.05) is 12.1 Å². The van der Waals surface area contributed by atoms with E-state index in [0.29, 0.717) is 36.5 Å². The van der Waals surface area contributed by atoms with Crippen molar-refractivity contribution < 1.29 is 14.1 Å². The van der Waals surface area contributed by atoms with Gasteiger partial charge in [-0.2, -0.15) is 0 Å². The Morgan fingerprint density at radius 2 is 1.91 bits per heavy atom. The van der Waals surface area contributed by atoms with Crippen LogP contribution in [0.4, 0.5) is 0 Å². The lowest BCUT2D eigenvalue weighted by Crippen LogP contribution is -2.41. The molecule has 2 fully saturated rings. The monoisotopic (exact) mass is 319 g/mol. The zero-order valence-electron chi connectivity index (χ0n) is 14.0. The summed E-state index contributed by atoms with van der Waals surface area (Å²) < 4.78 is 5.16. The van der Waals surface area contributed by atoms with Gasteiger partial charge in [-0.15, -0.1) is 0 Å². The zero-order valence-corrected chi connectivity index (χ0v) is 14.0. The second kappa shape index (κ2) is 6.72. The first-order valence-corrected chi connectivity index (χ1v) is 8.65. The van der Waals surface area contributed by atoms with E-state index < -0.39 is 0 Å². The number of carbonyl (C=O) groups excluding carboxylic acids is 2. The Labute approximate surface area is 136 Å². The van der Waals surface area contributed by atoms with Crippen molar-refractivity contribution in [3.63, 3.8) is 0 Å². The molecule has 0 N–H and O–H groups in total. The normalized spacial score (nSPS) is 21.7.